The number of nitrogens with zero attached hydrogens (tertiary/aromatic N) is 5. The molecule has 48 heavy (non-hydrogen) atoms. The predicted molar refractivity (Wildman–Crippen MR) is 168 cm³/mol. The van der Waals surface area contributed by atoms with Crippen molar-refractivity contribution in [3.63, 3.8) is 0 Å². The van der Waals surface area contributed by atoms with Crippen molar-refractivity contribution in [1.29, 1.82) is 0 Å². The number of rotatable bonds is 15. The molecule has 1 aliphatic heterocycles. The summed E-state index contributed by atoms with van der Waals surface area (Å²) in [6.45, 7) is 1.45. The largest absolute Gasteiger partial charge is 0.460 e. The quantitative estimate of drug-likeness (QED) is 0.0501. The highest BCUT2D eigenvalue weighted by Gasteiger charge is 2.56. The lowest BCUT2D eigenvalue weighted by molar-refractivity contribution is -0.147. The first-order valence-electron chi connectivity index (χ1n) is 14.5. The van der Waals surface area contributed by atoms with Gasteiger partial charge >= 0.3 is 25.3 Å². The van der Waals surface area contributed by atoms with Crippen molar-refractivity contribution in [3.05, 3.63) is 105 Å². The van der Waals surface area contributed by atoms with E-state index in [-0.39, 0.29) is 19.0 Å². The van der Waals surface area contributed by atoms with E-state index in [2.05, 4.69) is 25.2 Å². The third-order valence-corrected chi connectivity index (χ3v) is 9.02. The summed E-state index contributed by atoms with van der Waals surface area (Å²) in [7, 11) is -4.56. The maximum absolute atomic E-state index is 14.3. The third kappa shape index (κ3) is 9.03. The van der Waals surface area contributed by atoms with Gasteiger partial charge in [-0.25, -0.2) is 15.0 Å². The minimum Gasteiger partial charge on any atom is -0.460 e. The van der Waals surface area contributed by atoms with Crippen molar-refractivity contribution in [3.8, 4) is 0 Å². The van der Waals surface area contributed by atoms with Crippen LogP contribution < -0.4 is 21.6 Å². The highest BCUT2D eigenvalue weighted by Crippen LogP contribution is 2.45. The van der Waals surface area contributed by atoms with E-state index in [1.165, 1.54) is 19.9 Å². The minimum absolute atomic E-state index is 0.0921. The zero-order valence-corrected chi connectivity index (χ0v) is 26.8. The molecule has 1 aliphatic rings. The minimum atomic E-state index is -4.56. The fraction of sp³-hybridized carbons (Fsp3) is 0.379. The van der Waals surface area contributed by atoms with Crippen molar-refractivity contribution in [2.45, 2.75) is 63.3 Å². The predicted octanol–water partition coefficient (Wildman–Crippen LogP) is 1.65. The number of aromatic nitrogens is 2. The molecule has 1 fully saturated rings. The van der Waals surface area contributed by atoms with E-state index in [1.54, 1.807) is 60.7 Å². The van der Waals surface area contributed by atoms with Gasteiger partial charge in [0.15, 0.2) is 6.23 Å². The molecule has 6 N–H and O–H groups in total. The first-order chi connectivity index (χ1) is 22.9. The number of benzene rings is 2. The number of nitrogens with one attached hydrogen (secondary N) is 2. The lowest BCUT2D eigenvalue weighted by atomic mass is 10.1. The molecule has 0 bridgehead atoms. The summed E-state index contributed by atoms with van der Waals surface area (Å²) in [6, 6.07) is 16.2. The Bertz CT molecular complexity index is 1660. The molecule has 4 rings (SSSR count). The molecule has 0 radical (unpaired) electrons. The zero-order valence-electron chi connectivity index (χ0n) is 25.9. The van der Waals surface area contributed by atoms with Crippen LogP contribution in [0, 0.1) is 0 Å². The van der Waals surface area contributed by atoms with Crippen LogP contribution in [0.4, 0.5) is 5.82 Å². The van der Waals surface area contributed by atoms with Gasteiger partial charge in [0.2, 0.25) is 5.72 Å². The van der Waals surface area contributed by atoms with Crippen LogP contribution in [0.5, 0.6) is 0 Å². The molecule has 19 heteroatoms. The summed E-state index contributed by atoms with van der Waals surface area (Å²) in [5.74, 6) is -1.80. The number of hydrogen-bond acceptors (Lipinski definition) is 13. The Hall–Kier alpha value is -4.64. The van der Waals surface area contributed by atoms with Crippen LogP contribution in [0.15, 0.2) is 82.8 Å². The van der Waals surface area contributed by atoms with Crippen LogP contribution in [-0.2, 0) is 46.1 Å². The van der Waals surface area contributed by atoms with Gasteiger partial charge in [0.25, 0.3) is 0 Å². The van der Waals surface area contributed by atoms with Gasteiger partial charge in [0.1, 0.15) is 43.3 Å². The monoisotopic (exact) mass is 686 g/mol. The summed E-state index contributed by atoms with van der Waals surface area (Å²) in [6.07, 6.45) is -4.41. The first kappa shape index (κ1) is 36.2. The molecule has 6 atom stereocenters. The summed E-state index contributed by atoms with van der Waals surface area (Å²) in [4.78, 5) is 44.4. The number of esters is 2. The van der Waals surface area contributed by atoms with E-state index in [0.717, 1.165) is 10.8 Å². The molecular formula is C29H35N8O10P. The number of azide groups is 1. The number of carbonyl (C=O) groups is 2. The van der Waals surface area contributed by atoms with Gasteiger partial charge in [0.05, 0.1) is 6.61 Å². The number of aliphatic hydroxyl groups is 2. The average molecular weight is 687 g/mol. The van der Waals surface area contributed by atoms with Crippen molar-refractivity contribution in [2.75, 3.05) is 12.3 Å². The zero-order chi connectivity index (χ0) is 34.9. The SMILES string of the molecule is C[C@H](NP(=O)(N[C@@H](C)C(=O)OCc1ccccc1)OCC1(N=[N+]=[N-])O[C@@H](n2ccc(N)nc2=O)[C@H](O)[C@@H]1O)C(=O)OCc1ccccc1. The van der Waals surface area contributed by atoms with Crippen molar-refractivity contribution in [1.82, 2.24) is 19.7 Å². The van der Waals surface area contributed by atoms with Gasteiger partial charge in [-0.3, -0.25) is 18.7 Å². The van der Waals surface area contributed by atoms with Crippen LogP contribution in [0.25, 0.3) is 10.4 Å². The average Bonchev–Trinajstić information content (AvgIpc) is 3.31. The number of nitrogen functional groups attached to an aromatic ring is 1. The second kappa shape index (κ2) is 16.0. The van der Waals surface area contributed by atoms with Gasteiger partial charge in [-0.05, 0) is 36.6 Å². The van der Waals surface area contributed by atoms with Crippen LogP contribution in [0.1, 0.15) is 31.2 Å². The van der Waals surface area contributed by atoms with Gasteiger partial charge in [0, 0.05) is 11.1 Å². The number of aliphatic hydroxyl groups excluding tert-OH is 2. The third-order valence-electron chi connectivity index (χ3n) is 7.08. The molecule has 2 heterocycles. The molecule has 18 nitrogen and oxygen atoms in total. The number of carbonyl (C=O) groups excluding carboxylic acids is 2. The van der Waals surface area contributed by atoms with E-state index in [9.17, 15) is 34.7 Å². The van der Waals surface area contributed by atoms with Gasteiger partial charge in [-0.2, -0.15) is 4.98 Å². The summed E-state index contributed by atoms with van der Waals surface area (Å²) in [5, 5.41) is 30.2. The molecule has 0 aliphatic carbocycles. The van der Waals surface area contributed by atoms with Gasteiger partial charge in [-0.15, -0.1) is 0 Å². The Morgan fingerprint density at radius 3 is 2.04 bits per heavy atom. The molecule has 0 saturated carbocycles. The topological polar surface area (TPSA) is 262 Å². The highest BCUT2D eigenvalue weighted by molar-refractivity contribution is 7.54. The van der Waals surface area contributed by atoms with E-state index < -0.39 is 68.2 Å². The molecule has 2 aromatic carbocycles. The molecular weight excluding hydrogens is 651 g/mol. The molecule has 256 valence electrons. The number of nitrogens with two attached hydrogens (primary N) is 1. The maximum Gasteiger partial charge on any atom is 0.351 e. The second-order valence-corrected chi connectivity index (χ2v) is 12.6. The van der Waals surface area contributed by atoms with Crippen LogP contribution in [-0.4, -0.2) is 68.3 Å². The van der Waals surface area contributed by atoms with Gasteiger partial charge in [-0.1, -0.05) is 65.8 Å². The molecule has 0 spiro atoms. The standard InChI is InChI=1S/C29H35N8O10P/c1-18(26(40)44-15-20-9-5-3-6-10-20)33-48(43,34-19(2)27(41)45-16-21-11-7-4-8-12-21)46-17-29(35-36-31)24(39)23(38)25(47-29)37-14-13-22(30)32-28(37)42/h3-14,18-19,23-25,38-39H,15-17H2,1-2H3,(H2,30,32,42)(H2,33,34,43)/t18-,19-,23+,24-,25+,29?/m0/s1. The molecule has 1 saturated heterocycles. The Morgan fingerprint density at radius 2 is 1.56 bits per heavy atom. The molecule has 0 amide bonds. The Morgan fingerprint density at radius 1 is 1.04 bits per heavy atom. The van der Waals surface area contributed by atoms with Crippen molar-refractivity contribution in [2.24, 2.45) is 5.11 Å². The highest BCUT2D eigenvalue weighted by atomic mass is 31.2. The van der Waals surface area contributed by atoms with E-state index in [0.29, 0.717) is 11.1 Å². The van der Waals surface area contributed by atoms with E-state index in [4.69, 9.17) is 24.5 Å². The van der Waals surface area contributed by atoms with Crippen molar-refractivity contribution >= 4 is 25.4 Å². The Balaban J connectivity index is 1.54. The van der Waals surface area contributed by atoms with E-state index in [1.807, 2.05) is 0 Å². The van der Waals surface area contributed by atoms with E-state index >= 15 is 0 Å². The molecule has 1 aromatic heterocycles. The summed E-state index contributed by atoms with van der Waals surface area (Å²) < 4.78 is 37.0. The number of anilines is 1. The molecule has 1 unspecified atom stereocenters. The fourth-order valence-electron chi connectivity index (χ4n) is 4.54. The lowest BCUT2D eigenvalue weighted by Gasteiger charge is -2.31. The van der Waals surface area contributed by atoms with Gasteiger partial charge < -0.3 is 34.7 Å². The first-order valence-corrected chi connectivity index (χ1v) is 16.1. The second-order valence-electron chi connectivity index (χ2n) is 10.7. The Labute approximate surface area is 274 Å². The normalized spacial score (nSPS) is 21.9. The van der Waals surface area contributed by atoms with Crippen LogP contribution in [0.2, 0.25) is 0 Å². The lowest BCUT2D eigenvalue weighted by Crippen LogP contribution is -2.47. The smallest absolute Gasteiger partial charge is 0.351 e. The number of hydrogen-bond donors (Lipinski definition) is 5. The fourth-order valence-corrected chi connectivity index (χ4v) is 6.36. The summed E-state index contributed by atoms with van der Waals surface area (Å²) in [5.41, 5.74) is 12.8. The maximum atomic E-state index is 14.3. The van der Waals surface area contributed by atoms with Crippen LogP contribution in [0.3, 0.4) is 0 Å². The van der Waals surface area contributed by atoms with Crippen molar-refractivity contribution < 1.29 is 43.1 Å². The molecule has 3 aromatic rings. The Kier molecular flexibility index (Phi) is 12.0. The number of ether oxygens (including phenoxy) is 3. The summed E-state index contributed by atoms with van der Waals surface area (Å²) >= 11 is 0. The van der Waals surface area contributed by atoms with Crippen LogP contribution >= 0.6 is 7.67 Å².